The molecule has 3 rings (SSSR count). The van der Waals surface area contributed by atoms with Gasteiger partial charge < -0.3 is 24.3 Å². The number of anilines is 1. The Bertz CT molecular complexity index is 1000. The van der Waals surface area contributed by atoms with E-state index < -0.39 is 0 Å². The number of nitrogens with zero attached hydrogens (tertiary/aromatic N) is 2. The van der Waals surface area contributed by atoms with Crippen molar-refractivity contribution < 1.29 is 18.7 Å². The number of benzene rings is 2. The third-order valence-corrected chi connectivity index (χ3v) is 5.21. The van der Waals surface area contributed by atoms with E-state index in [1.165, 1.54) is 4.90 Å². The van der Waals surface area contributed by atoms with Crippen molar-refractivity contribution in [2.24, 2.45) is 0 Å². The molecule has 1 aromatic heterocycles. The number of hydrogen-bond acceptors (Lipinski definition) is 4. The zero-order valence-electron chi connectivity index (χ0n) is 19.2. The topological polar surface area (TPSA) is 75.0 Å². The van der Waals surface area contributed by atoms with Crippen LogP contribution < -0.4 is 5.32 Å². The van der Waals surface area contributed by atoms with Gasteiger partial charge >= 0.3 is 6.03 Å². The van der Waals surface area contributed by atoms with Crippen LogP contribution in [-0.2, 0) is 22.5 Å². The van der Waals surface area contributed by atoms with Crippen molar-refractivity contribution in [3.05, 3.63) is 89.9 Å². The Morgan fingerprint density at radius 1 is 0.909 bits per heavy atom. The lowest BCUT2D eigenvalue weighted by molar-refractivity contribution is -0.132. The van der Waals surface area contributed by atoms with E-state index in [2.05, 4.69) is 5.32 Å². The van der Waals surface area contributed by atoms with Crippen molar-refractivity contribution in [3.63, 3.8) is 0 Å². The average molecular weight is 450 g/mol. The number of nitrogens with one attached hydrogen (secondary N) is 1. The van der Waals surface area contributed by atoms with E-state index in [0.717, 1.165) is 11.3 Å². The van der Waals surface area contributed by atoms with Crippen molar-refractivity contribution in [1.29, 1.82) is 0 Å². The number of carbonyl (C=O) groups is 2. The summed E-state index contributed by atoms with van der Waals surface area (Å²) < 4.78 is 10.9. The Hall–Kier alpha value is -3.58. The Kier molecular flexibility index (Phi) is 9.08. The van der Waals surface area contributed by atoms with Crippen molar-refractivity contribution in [3.8, 4) is 0 Å². The molecule has 7 nitrogen and oxygen atoms in total. The lowest BCUT2D eigenvalue weighted by Crippen LogP contribution is -2.46. The van der Waals surface area contributed by atoms with Gasteiger partial charge in [-0.25, -0.2) is 4.79 Å². The highest BCUT2D eigenvalue weighted by molar-refractivity contribution is 5.92. The third-order valence-electron chi connectivity index (χ3n) is 5.21. The summed E-state index contributed by atoms with van der Waals surface area (Å²) >= 11 is 0. The van der Waals surface area contributed by atoms with Crippen LogP contribution in [0.15, 0.2) is 77.2 Å². The second-order valence-electron chi connectivity index (χ2n) is 7.77. The quantitative estimate of drug-likeness (QED) is 0.473. The van der Waals surface area contributed by atoms with E-state index in [1.54, 1.807) is 24.1 Å². The van der Waals surface area contributed by atoms with Gasteiger partial charge in [0.2, 0.25) is 5.91 Å². The lowest BCUT2D eigenvalue weighted by Gasteiger charge is -2.27. The number of hydrogen-bond donors (Lipinski definition) is 1. The number of methoxy groups -OCH3 is 1. The minimum atomic E-state index is -0.344. The van der Waals surface area contributed by atoms with Crippen molar-refractivity contribution in [2.45, 2.75) is 19.9 Å². The van der Waals surface area contributed by atoms with Gasteiger partial charge in [-0.3, -0.25) is 4.79 Å². The zero-order chi connectivity index (χ0) is 23.5. The van der Waals surface area contributed by atoms with Crippen molar-refractivity contribution in [1.82, 2.24) is 9.80 Å². The van der Waals surface area contributed by atoms with E-state index in [1.807, 2.05) is 67.6 Å². The van der Waals surface area contributed by atoms with Crippen LogP contribution in [0.2, 0.25) is 0 Å². The Morgan fingerprint density at radius 3 is 2.24 bits per heavy atom. The molecular weight excluding hydrogens is 418 g/mol. The maximum Gasteiger partial charge on any atom is 0.322 e. The number of amides is 3. The maximum absolute atomic E-state index is 13.3. The minimum Gasteiger partial charge on any atom is -0.464 e. The lowest BCUT2D eigenvalue weighted by atomic mass is 10.1. The highest BCUT2D eigenvalue weighted by Gasteiger charge is 2.22. The first-order chi connectivity index (χ1) is 16.0. The highest BCUT2D eigenvalue weighted by atomic mass is 16.5. The van der Waals surface area contributed by atoms with E-state index in [9.17, 15) is 9.59 Å². The van der Waals surface area contributed by atoms with Crippen LogP contribution >= 0.6 is 0 Å². The van der Waals surface area contributed by atoms with Crippen LogP contribution in [0.1, 0.15) is 17.1 Å². The van der Waals surface area contributed by atoms with Gasteiger partial charge in [0.15, 0.2) is 0 Å². The second-order valence-corrected chi connectivity index (χ2v) is 7.77. The van der Waals surface area contributed by atoms with Gasteiger partial charge in [-0.15, -0.1) is 0 Å². The number of rotatable bonds is 11. The molecule has 1 N–H and O–H groups in total. The normalized spacial score (nSPS) is 10.6. The molecule has 0 aliphatic rings. The molecule has 0 aliphatic carbocycles. The smallest absolute Gasteiger partial charge is 0.322 e. The summed E-state index contributed by atoms with van der Waals surface area (Å²) in [5.74, 6) is 1.36. The van der Waals surface area contributed by atoms with E-state index in [0.29, 0.717) is 44.1 Å². The molecule has 0 aliphatic heterocycles. The fourth-order valence-electron chi connectivity index (χ4n) is 3.40. The van der Waals surface area contributed by atoms with E-state index in [-0.39, 0.29) is 18.5 Å². The maximum atomic E-state index is 13.3. The first-order valence-electron chi connectivity index (χ1n) is 11.0. The molecule has 0 unspecified atom stereocenters. The summed E-state index contributed by atoms with van der Waals surface area (Å²) in [7, 11) is 1.57. The summed E-state index contributed by atoms with van der Waals surface area (Å²) in [5.41, 5.74) is 1.81. The fraction of sp³-hybridized carbons (Fsp3) is 0.308. The van der Waals surface area contributed by atoms with Crippen LogP contribution in [0.5, 0.6) is 0 Å². The number of urea groups is 1. The molecule has 0 saturated carbocycles. The molecule has 3 amide bonds. The van der Waals surface area contributed by atoms with Gasteiger partial charge in [-0.2, -0.15) is 0 Å². The van der Waals surface area contributed by atoms with Crippen LogP contribution in [-0.4, -0.2) is 55.1 Å². The Morgan fingerprint density at radius 2 is 1.61 bits per heavy atom. The highest BCUT2D eigenvalue weighted by Crippen LogP contribution is 2.13. The molecule has 3 aromatic rings. The summed E-state index contributed by atoms with van der Waals surface area (Å²) in [6, 6.07) is 22.6. The first-order valence-corrected chi connectivity index (χ1v) is 11.0. The van der Waals surface area contributed by atoms with Crippen molar-refractivity contribution in [2.75, 3.05) is 38.7 Å². The third kappa shape index (κ3) is 7.80. The minimum absolute atomic E-state index is 0.0590. The van der Waals surface area contributed by atoms with Gasteiger partial charge in [0.05, 0.1) is 13.2 Å². The monoisotopic (exact) mass is 449 g/mol. The molecule has 174 valence electrons. The van der Waals surface area contributed by atoms with E-state index in [4.69, 9.17) is 9.15 Å². The summed E-state index contributed by atoms with van der Waals surface area (Å²) in [6.07, 6.45) is 0.709. The van der Waals surface area contributed by atoms with Gasteiger partial charge in [0, 0.05) is 25.9 Å². The summed E-state index contributed by atoms with van der Waals surface area (Å²) in [6.45, 7) is 3.31. The van der Waals surface area contributed by atoms with Crippen LogP contribution in [0.4, 0.5) is 10.5 Å². The van der Waals surface area contributed by atoms with Gasteiger partial charge in [0.1, 0.15) is 18.1 Å². The van der Waals surface area contributed by atoms with Crippen molar-refractivity contribution >= 4 is 17.6 Å². The van der Waals surface area contributed by atoms with Gasteiger partial charge in [0.25, 0.3) is 0 Å². The molecule has 33 heavy (non-hydrogen) atoms. The molecule has 1 heterocycles. The first kappa shape index (κ1) is 24.1. The van der Waals surface area contributed by atoms with Gasteiger partial charge in [-0.05, 0) is 43.2 Å². The summed E-state index contributed by atoms with van der Waals surface area (Å²) in [5, 5.41) is 2.85. The van der Waals surface area contributed by atoms with Crippen LogP contribution in [0, 0.1) is 6.92 Å². The molecule has 0 spiro atoms. The molecule has 2 aromatic carbocycles. The van der Waals surface area contributed by atoms with Crippen LogP contribution in [0.25, 0.3) is 0 Å². The molecule has 0 atom stereocenters. The molecule has 0 radical (unpaired) electrons. The SMILES string of the molecule is COCCN(CC(=O)N(CCc1ccccc1)Cc1ccc(C)o1)C(=O)Nc1ccccc1. The number of aryl methyl sites for hydroxylation is 1. The molecule has 7 heteroatoms. The summed E-state index contributed by atoms with van der Waals surface area (Å²) in [4.78, 5) is 29.4. The molecule has 0 saturated heterocycles. The predicted octanol–water partition coefficient (Wildman–Crippen LogP) is 4.34. The largest absolute Gasteiger partial charge is 0.464 e. The Balaban J connectivity index is 1.70. The van der Waals surface area contributed by atoms with Crippen LogP contribution in [0.3, 0.4) is 0 Å². The average Bonchev–Trinajstić information content (AvgIpc) is 3.25. The second kappa shape index (κ2) is 12.5. The number of ether oxygens (including phenoxy) is 1. The fourth-order valence-corrected chi connectivity index (χ4v) is 3.40. The van der Waals surface area contributed by atoms with Gasteiger partial charge in [-0.1, -0.05) is 48.5 Å². The Labute approximate surface area is 194 Å². The zero-order valence-corrected chi connectivity index (χ0v) is 19.2. The predicted molar refractivity (Wildman–Crippen MR) is 128 cm³/mol. The molecule has 0 bridgehead atoms. The number of furan rings is 1. The van der Waals surface area contributed by atoms with E-state index >= 15 is 0 Å². The number of carbonyl (C=O) groups excluding carboxylic acids is 2. The standard InChI is InChI=1S/C26H31N3O4/c1-21-13-14-24(33-21)19-28(16-15-22-9-5-3-6-10-22)25(30)20-29(17-18-32-2)26(31)27-23-11-7-4-8-12-23/h3-14H,15-20H2,1-2H3,(H,27,31). The molecule has 0 fully saturated rings. The molecular formula is C26H31N3O4. The number of para-hydroxylation sites is 1.